The van der Waals surface area contributed by atoms with Crippen LogP contribution >= 0.6 is 0 Å². The van der Waals surface area contributed by atoms with Crippen molar-refractivity contribution in [3.63, 3.8) is 0 Å². The summed E-state index contributed by atoms with van der Waals surface area (Å²) < 4.78 is 0. The van der Waals surface area contributed by atoms with Gasteiger partial charge in [-0.15, -0.1) is 0 Å². The van der Waals surface area contributed by atoms with Crippen molar-refractivity contribution in [2.75, 3.05) is 26.7 Å². The lowest BCUT2D eigenvalue weighted by molar-refractivity contribution is -0.125. The van der Waals surface area contributed by atoms with Gasteiger partial charge in [-0.05, 0) is 58.2 Å². The normalized spacial score (nSPS) is 31.6. The first-order valence-corrected chi connectivity index (χ1v) is 6.87. The van der Waals surface area contributed by atoms with Crippen LogP contribution in [0.1, 0.15) is 32.1 Å². The Bertz CT molecular complexity index is 261. The van der Waals surface area contributed by atoms with Crippen LogP contribution < -0.4 is 11.1 Å². The highest BCUT2D eigenvalue weighted by atomic mass is 16.1. The number of carbonyl (C=O) groups is 1. The van der Waals surface area contributed by atoms with E-state index >= 15 is 0 Å². The van der Waals surface area contributed by atoms with Gasteiger partial charge in [0.25, 0.3) is 0 Å². The zero-order valence-corrected chi connectivity index (χ0v) is 10.8. The molecule has 17 heavy (non-hydrogen) atoms. The first kappa shape index (κ1) is 12.8. The summed E-state index contributed by atoms with van der Waals surface area (Å²) in [5.41, 5.74) is 5.83. The summed E-state index contributed by atoms with van der Waals surface area (Å²) in [5, 5.41) is 3.12. The Labute approximate surface area is 104 Å². The number of hydrogen-bond acceptors (Lipinski definition) is 3. The summed E-state index contributed by atoms with van der Waals surface area (Å²) in [7, 11) is 2.16. The molecule has 1 heterocycles. The van der Waals surface area contributed by atoms with Crippen molar-refractivity contribution in [3.05, 3.63) is 0 Å². The molecule has 0 aromatic rings. The lowest BCUT2D eigenvalue weighted by atomic mass is 9.97. The van der Waals surface area contributed by atoms with Crippen LogP contribution in [-0.4, -0.2) is 43.5 Å². The second-order valence-corrected chi connectivity index (χ2v) is 5.76. The zero-order chi connectivity index (χ0) is 12.3. The molecule has 2 rings (SSSR count). The third-order valence-electron chi connectivity index (χ3n) is 4.25. The maximum absolute atomic E-state index is 11.9. The van der Waals surface area contributed by atoms with E-state index in [4.69, 9.17) is 5.73 Å². The average Bonchev–Trinajstić information content (AvgIpc) is 2.75. The van der Waals surface area contributed by atoms with E-state index in [1.165, 1.54) is 12.8 Å². The lowest BCUT2D eigenvalue weighted by Crippen LogP contribution is -2.38. The predicted octanol–water partition coefficient (Wildman–Crippen LogP) is 0.572. The third-order valence-corrected chi connectivity index (χ3v) is 4.25. The van der Waals surface area contributed by atoms with Crippen molar-refractivity contribution in [3.8, 4) is 0 Å². The minimum absolute atomic E-state index is 0.177. The molecule has 0 radical (unpaired) electrons. The largest absolute Gasteiger partial charge is 0.356 e. The van der Waals surface area contributed by atoms with Crippen LogP contribution in [0.5, 0.6) is 0 Å². The highest BCUT2D eigenvalue weighted by Crippen LogP contribution is 2.24. The molecular formula is C13H25N3O. The molecule has 2 fully saturated rings. The van der Waals surface area contributed by atoms with Crippen molar-refractivity contribution >= 4 is 5.91 Å². The zero-order valence-electron chi connectivity index (χ0n) is 10.8. The Balaban J connectivity index is 1.66. The fourth-order valence-corrected chi connectivity index (χ4v) is 2.91. The Morgan fingerprint density at radius 3 is 2.59 bits per heavy atom. The summed E-state index contributed by atoms with van der Waals surface area (Å²) in [6, 6.07) is 0.245. The number of nitrogens with two attached hydrogens (primary N) is 1. The van der Waals surface area contributed by atoms with Gasteiger partial charge < -0.3 is 16.0 Å². The van der Waals surface area contributed by atoms with E-state index in [2.05, 4.69) is 17.3 Å². The first-order chi connectivity index (χ1) is 8.15. The summed E-state index contributed by atoms with van der Waals surface area (Å²) >= 11 is 0. The summed E-state index contributed by atoms with van der Waals surface area (Å²) in [4.78, 5) is 14.3. The molecule has 2 unspecified atom stereocenters. The SMILES string of the molecule is CN1CCC(CNC(=O)C2CCC(N)C2)CC1. The van der Waals surface area contributed by atoms with Crippen LogP contribution in [0.15, 0.2) is 0 Å². The van der Waals surface area contributed by atoms with Gasteiger partial charge in [-0.1, -0.05) is 0 Å². The number of nitrogens with one attached hydrogen (secondary N) is 1. The van der Waals surface area contributed by atoms with E-state index < -0.39 is 0 Å². The molecular weight excluding hydrogens is 214 g/mol. The fraction of sp³-hybridized carbons (Fsp3) is 0.923. The number of hydrogen-bond donors (Lipinski definition) is 2. The van der Waals surface area contributed by atoms with Crippen LogP contribution in [-0.2, 0) is 4.79 Å². The lowest BCUT2D eigenvalue weighted by Gasteiger charge is -2.29. The summed E-state index contributed by atoms with van der Waals surface area (Å²) in [6.07, 6.45) is 5.27. The highest BCUT2D eigenvalue weighted by Gasteiger charge is 2.28. The van der Waals surface area contributed by atoms with Crippen LogP contribution in [0.2, 0.25) is 0 Å². The van der Waals surface area contributed by atoms with Gasteiger partial charge in [-0.3, -0.25) is 4.79 Å². The van der Waals surface area contributed by atoms with Gasteiger partial charge in [0.15, 0.2) is 0 Å². The molecule has 1 saturated heterocycles. The van der Waals surface area contributed by atoms with Gasteiger partial charge in [-0.2, -0.15) is 0 Å². The highest BCUT2D eigenvalue weighted by molar-refractivity contribution is 5.78. The predicted molar refractivity (Wildman–Crippen MR) is 68.5 cm³/mol. The Morgan fingerprint density at radius 1 is 1.29 bits per heavy atom. The van der Waals surface area contributed by atoms with Crippen LogP contribution in [0.25, 0.3) is 0 Å². The molecule has 0 spiro atoms. The van der Waals surface area contributed by atoms with Gasteiger partial charge in [0.1, 0.15) is 0 Å². The minimum Gasteiger partial charge on any atom is -0.356 e. The fourth-order valence-electron chi connectivity index (χ4n) is 2.91. The Morgan fingerprint density at radius 2 is 2.00 bits per heavy atom. The van der Waals surface area contributed by atoms with Crippen molar-refractivity contribution < 1.29 is 4.79 Å². The molecule has 4 heteroatoms. The van der Waals surface area contributed by atoms with E-state index in [9.17, 15) is 4.79 Å². The quantitative estimate of drug-likeness (QED) is 0.757. The van der Waals surface area contributed by atoms with Gasteiger partial charge in [0, 0.05) is 18.5 Å². The number of likely N-dealkylation sites (tertiary alicyclic amines) is 1. The molecule has 1 saturated carbocycles. The van der Waals surface area contributed by atoms with Gasteiger partial charge >= 0.3 is 0 Å². The molecule has 4 nitrogen and oxygen atoms in total. The van der Waals surface area contributed by atoms with Crippen molar-refractivity contribution in [2.45, 2.75) is 38.1 Å². The Kier molecular flexibility index (Phi) is 4.40. The molecule has 0 aromatic heterocycles. The van der Waals surface area contributed by atoms with Crippen molar-refractivity contribution in [2.24, 2.45) is 17.6 Å². The van der Waals surface area contributed by atoms with Crippen LogP contribution in [0.3, 0.4) is 0 Å². The molecule has 1 amide bonds. The monoisotopic (exact) mass is 239 g/mol. The first-order valence-electron chi connectivity index (χ1n) is 6.87. The second-order valence-electron chi connectivity index (χ2n) is 5.76. The summed E-state index contributed by atoms with van der Waals surface area (Å²) in [6.45, 7) is 3.18. The number of rotatable bonds is 3. The molecule has 98 valence electrons. The Hall–Kier alpha value is -0.610. The molecule has 0 bridgehead atoms. The maximum atomic E-state index is 11.9. The van der Waals surface area contributed by atoms with E-state index in [1.54, 1.807) is 0 Å². The molecule has 2 atom stereocenters. The second kappa shape index (κ2) is 5.83. The number of carbonyl (C=O) groups excluding carboxylic acids is 1. The van der Waals surface area contributed by atoms with Crippen LogP contribution in [0, 0.1) is 11.8 Å². The molecule has 1 aliphatic carbocycles. The smallest absolute Gasteiger partial charge is 0.223 e. The van der Waals surface area contributed by atoms with Crippen molar-refractivity contribution in [1.29, 1.82) is 0 Å². The van der Waals surface area contributed by atoms with E-state index in [1.807, 2.05) is 0 Å². The molecule has 0 aromatic carbocycles. The minimum atomic E-state index is 0.177. The van der Waals surface area contributed by atoms with Gasteiger partial charge in [-0.25, -0.2) is 0 Å². The number of piperidine rings is 1. The average molecular weight is 239 g/mol. The molecule has 1 aliphatic heterocycles. The maximum Gasteiger partial charge on any atom is 0.223 e. The van der Waals surface area contributed by atoms with Crippen molar-refractivity contribution in [1.82, 2.24) is 10.2 Å². The summed E-state index contributed by atoms with van der Waals surface area (Å²) in [5.74, 6) is 1.08. The van der Waals surface area contributed by atoms with Gasteiger partial charge in [0.2, 0.25) is 5.91 Å². The van der Waals surface area contributed by atoms with E-state index in [-0.39, 0.29) is 17.9 Å². The van der Waals surface area contributed by atoms with E-state index in [0.717, 1.165) is 38.9 Å². The number of nitrogens with zero attached hydrogens (tertiary/aromatic N) is 1. The molecule has 2 aliphatic rings. The molecule has 3 N–H and O–H groups in total. The topological polar surface area (TPSA) is 58.4 Å². The van der Waals surface area contributed by atoms with Gasteiger partial charge in [0.05, 0.1) is 0 Å². The van der Waals surface area contributed by atoms with E-state index in [0.29, 0.717) is 5.92 Å². The van der Waals surface area contributed by atoms with Crippen LogP contribution in [0.4, 0.5) is 0 Å². The third kappa shape index (κ3) is 3.68. The number of amides is 1. The standard InChI is InChI=1S/C13H25N3O/c1-16-6-4-10(5-7-16)9-15-13(17)11-2-3-12(14)8-11/h10-12H,2-9,14H2,1H3,(H,15,17).